The van der Waals surface area contributed by atoms with Gasteiger partial charge in [-0.1, -0.05) is 12.1 Å². The largest absolute Gasteiger partial charge is 0.441 e. The van der Waals surface area contributed by atoms with Crippen molar-refractivity contribution in [1.82, 2.24) is 4.98 Å². The van der Waals surface area contributed by atoms with Gasteiger partial charge in [0.05, 0.1) is 6.20 Å². The number of nitrogens with two attached hydrogens (primary N) is 1. The number of aromatic nitrogens is 1. The first kappa shape index (κ1) is 7.86. The van der Waals surface area contributed by atoms with E-state index in [0.717, 1.165) is 11.3 Å². The number of para-hydroxylation sites is 1. The van der Waals surface area contributed by atoms with Gasteiger partial charge in [-0.15, -0.1) is 0 Å². The molecule has 1 aromatic carbocycles. The van der Waals surface area contributed by atoms with Gasteiger partial charge < -0.3 is 10.2 Å². The van der Waals surface area contributed by atoms with Crippen molar-refractivity contribution in [1.29, 1.82) is 0 Å². The maximum absolute atomic E-state index is 5.77. The molecule has 3 nitrogen and oxygen atoms in total. The molecule has 0 amide bonds. The number of benzene rings is 1. The Morgan fingerprint density at radius 3 is 2.69 bits per heavy atom. The predicted octanol–water partition coefficient (Wildman–Crippen LogP) is 2.23. The Hall–Kier alpha value is -1.77. The van der Waals surface area contributed by atoms with Crippen molar-refractivity contribution < 1.29 is 4.42 Å². The molecule has 0 aliphatic heterocycles. The van der Waals surface area contributed by atoms with E-state index in [1.165, 1.54) is 0 Å². The van der Waals surface area contributed by atoms with Gasteiger partial charge in [0.25, 0.3) is 0 Å². The number of oxazole rings is 1. The quantitative estimate of drug-likeness (QED) is 0.674. The van der Waals surface area contributed by atoms with Crippen LogP contribution in [0.3, 0.4) is 0 Å². The third kappa shape index (κ3) is 1.40. The van der Waals surface area contributed by atoms with Crippen LogP contribution in [0.1, 0.15) is 5.89 Å². The summed E-state index contributed by atoms with van der Waals surface area (Å²) in [7, 11) is 0. The second-order valence-electron chi connectivity index (χ2n) is 2.83. The smallest absolute Gasteiger partial charge is 0.191 e. The van der Waals surface area contributed by atoms with Gasteiger partial charge in [-0.25, -0.2) is 4.98 Å². The van der Waals surface area contributed by atoms with Crippen LogP contribution in [-0.4, -0.2) is 4.98 Å². The van der Waals surface area contributed by atoms with Gasteiger partial charge in [0.2, 0.25) is 0 Å². The van der Waals surface area contributed by atoms with E-state index in [0.29, 0.717) is 11.6 Å². The first-order chi connectivity index (χ1) is 6.27. The van der Waals surface area contributed by atoms with E-state index in [4.69, 9.17) is 10.2 Å². The number of anilines is 1. The van der Waals surface area contributed by atoms with Gasteiger partial charge in [0.1, 0.15) is 0 Å². The third-order valence-corrected chi connectivity index (χ3v) is 1.85. The van der Waals surface area contributed by atoms with Gasteiger partial charge in [0, 0.05) is 18.2 Å². The zero-order chi connectivity index (χ0) is 9.26. The van der Waals surface area contributed by atoms with Crippen molar-refractivity contribution >= 4 is 5.69 Å². The van der Waals surface area contributed by atoms with E-state index in [-0.39, 0.29) is 0 Å². The average molecular weight is 174 g/mol. The lowest BCUT2D eigenvalue weighted by Crippen LogP contribution is -1.87. The standard InChI is InChI=1S/C10H10N2O/c1-7-12-6-10(13-7)8-4-2-3-5-9(8)11/h2-6H,11H2,1H3. The van der Waals surface area contributed by atoms with E-state index >= 15 is 0 Å². The fraction of sp³-hybridized carbons (Fsp3) is 0.100. The van der Waals surface area contributed by atoms with E-state index in [2.05, 4.69) is 4.98 Å². The Kier molecular flexibility index (Phi) is 1.77. The molecule has 0 radical (unpaired) electrons. The second-order valence-corrected chi connectivity index (χ2v) is 2.83. The van der Waals surface area contributed by atoms with E-state index in [9.17, 15) is 0 Å². The van der Waals surface area contributed by atoms with Crippen LogP contribution in [0.25, 0.3) is 11.3 Å². The molecule has 66 valence electrons. The number of hydrogen-bond acceptors (Lipinski definition) is 3. The van der Waals surface area contributed by atoms with Crippen molar-refractivity contribution in [3.05, 3.63) is 36.4 Å². The highest BCUT2D eigenvalue weighted by molar-refractivity contribution is 5.71. The lowest BCUT2D eigenvalue weighted by molar-refractivity contribution is 0.534. The summed E-state index contributed by atoms with van der Waals surface area (Å²) < 4.78 is 5.36. The molecule has 2 rings (SSSR count). The molecule has 0 fully saturated rings. The zero-order valence-corrected chi connectivity index (χ0v) is 7.32. The van der Waals surface area contributed by atoms with Crippen LogP contribution in [0.2, 0.25) is 0 Å². The molecule has 0 aliphatic carbocycles. The number of rotatable bonds is 1. The number of aryl methyl sites for hydroxylation is 1. The number of nitrogen functional groups attached to an aromatic ring is 1. The molecule has 0 spiro atoms. The highest BCUT2D eigenvalue weighted by Gasteiger charge is 2.05. The van der Waals surface area contributed by atoms with Crippen molar-refractivity contribution in [3.8, 4) is 11.3 Å². The SMILES string of the molecule is Cc1ncc(-c2ccccc2N)o1. The molecular formula is C10H10N2O. The van der Waals surface area contributed by atoms with Gasteiger partial charge in [-0.2, -0.15) is 0 Å². The van der Waals surface area contributed by atoms with Crippen molar-refractivity contribution in [3.63, 3.8) is 0 Å². The van der Waals surface area contributed by atoms with Crippen LogP contribution in [-0.2, 0) is 0 Å². The minimum Gasteiger partial charge on any atom is -0.441 e. The maximum atomic E-state index is 5.77. The first-order valence-corrected chi connectivity index (χ1v) is 4.04. The summed E-state index contributed by atoms with van der Waals surface area (Å²) in [6, 6.07) is 7.56. The Labute approximate surface area is 76.2 Å². The van der Waals surface area contributed by atoms with E-state index < -0.39 is 0 Å². The molecule has 0 aliphatic rings. The van der Waals surface area contributed by atoms with Gasteiger partial charge >= 0.3 is 0 Å². The van der Waals surface area contributed by atoms with Gasteiger partial charge in [-0.3, -0.25) is 0 Å². The van der Waals surface area contributed by atoms with Crippen molar-refractivity contribution in [2.24, 2.45) is 0 Å². The van der Waals surface area contributed by atoms with Gasteiger partial charge in [0.15, 0.2) is 11.7 Å². The molecule has 3 heteroatoms. The molecular weight excluding hydrogens is 164 g/mol. The number of hydrogen-bond donors (Lipinski definition) is 1. The molecule has 0 atom stereocenters. The molecule has 2 aromatic rings. The monoisotopic (exact) mass is 174 g/mol. The molecule has 0 saturated carbocycles. The van der Waals surface area contributed by atoms with Crippen molar-refractivity contribution in [2.45, 2.75) is 6.92 Å². The fourth-order valence-corrected chi connectivity index (χ4v) is 1.21. The average Bonchev–Trinajstić information content (AvgIpc) is 2.53. The van der Waals surface area contributed by atoms with Crippen molar-refractivity contribution in [2.75, 3.05) is 5.73 Å². The Morgan fingerprint density at radius 1 is 1.31 bits per heavy atom. The molecule has 0 unspecified atom stereocenters. The topological polar surface area (TPSA) is 52.0 Å². The number of nitrogens with zero attached hydrogens (tertiary/aromatic N) is 1. The summed E-state index contributed by atoms with van der Waals surface area (Å²) >= 11 is 0. The van der Waals surface area contributed by atoms with Crippen LogP contribution in [0.15, 0.2) is 34.9 Å². The van der Waals surface area contributed by atoms with Crippen LogP contribution >= 0.6 is 0 Å². The molecule has 0 saturated heterocycles. The summed E-state index contributed by atoms with van der Waals surface area (Å²) in [6.45, 7) is 1.81. The molecule has 13 heavy (non-hydrogen) atoms. The summed E-state index contributed by atoms with van der Waals surface area (Å²) in [5, 5.41) is 0. The lowest BCUT2D eigenvalue weighted by Gasteiger charge is -1.99. The molecule has 2 N–H and O–H groups in total. The normalized spacial score (nSPS) is 10.2. The lowest BCUT2D eigenvalue weighted by atomic mass is 10.1. The zero-order valence-electron chi connectivity index (χ0n) is 7.32. The van der Waals surface area contributed by atoms with Crippen LogP contribution in [0.5, 0.6) is 0 Å². The highest BCUT2D eigenvalue weighted by Crippen LogP contribution is 2.25. The third-order valence-electron chi connectivity index (χ3n) is 1.85. The predicted molar refractivity (Wildman–Crippen MR) is 51.1 cm³/mol. The Morgan fingerprint density at radius 2 is 2.08 bits per heavy atom. The van der Waals surface area contributed by atoms with E-state index in [1.807, 2.05) is 31.2 Å². The first-order valence-electron chi connectivity index (χ1n) is 4.04. The second kappa shape index (κ2) is 2.94. The maximum Gasteiger partial charge on any atom is 0.191 e. The van der Waals surface area contributed by atoms with Crippen LogP contribution in [0.4, 0.5) is 5.69 Å². The van der Waals surface area contributed by atoms with Crippen LogP contribution < -0.4 is 5.73 Å². The molecule has 1 aromatic heterocycles. The minimum atomic E-state index is 0.651. The highest BCUT2D eigenvalue weighted by atomic mass is 16.4. The molecule has 1 heterocycles. The van der Waals surface area contributed by atoms with E-state index in [1.54, 1.807) is 6.20 Å². The summed E-state index contributed by atoms with van der Waals surface area (Å²) in [5.41, 5.74) is 7.37. The summed E-state index contributed by atoms with van der Waals surface area (Å²) in [6.07, 6.45) is 1.68. The summed E-state index contributed by atoms with van der Waals surface area (Å²) in [5.74, 6) is 1.37. The fourth-order valence-electron chi connectivity index (χ4n) is 1.21. The Balaban J connectivity index is 2.52. The summed E-state index contributed by atoms with van der Waals surface area (Å²) in [4.78, 5) is 4.01. The Bertz CT molecular complexity index is 420. The van der Waals surface area contributed by atoms with Crippen LogP contribution in [0, 0.1) is 6.92 Å². The minimum absolute atomic E-state index is 0.651. The van der Waals surface area contributed by atoms with Gasteiger partial charge in [-0.05, 0) is 12.1 Å². The molecule has 0 bridgehead atoms.